The molecule has 13 heavy (non-hydrogen) atoms. The zero-order valence-corrected chi connectivity index (χ0v) is 8.99. The second kappa shape index (κ2) is 3.74. The smallest absolute Gasteiger partial charge is 0.177 e. The summed E-state index contributed by atoms with van der Waals surface area (Å²) in [7, 11) is 0. The van der Waals surface area contributed by atoms with Crippen LogP contribution < -0.4 is 0 Å². The predicted molar refractivity (Wildman–Crippen MR) is 57.5 cm³/mol. The third-order valence-electron chi connectivity index (χ3n) is 1.54. The van der Waals surface area contributed by atoms with Crippen LogP contribution >= 0.6 is 35.6 Å². The minimum absolute atomic E-state index is 0.586. The quantitative estimate of drug-likeness (QED) is 0.801. The molecule has 0 fully saturated rings. The van der Waals surface area contributed by atoms with Crippen LogP contribution in [0.25, 0.3) is 10.6 Å². The third kappa shape index (κ3) is 1.90. The molecule has 0 saturated carbocycles. The van der Waals surface area contributed by atoms with Crippen molar-refractivity contribution in [3.8, 4) is 10.6 Å². The lowest BCUT2D eigenvalue weighted by atomic mass is 10.3. The van der Waals surface area contributed by atoms with Gasteiger partial charge in [0.2, 0.25) is 0 Å². The third-order valence-corrected chi connectivity index (χ3v) is 3.11. The fraction of sp³-hybridized carbons (Fsp3) is 0.125. The Morgan fingerprint density at radius 1 is 1.54 bits per heavy atom. The van der Waals surface area contributed by atoms with Crippen LogP contribution in [0.4, 0.5) is 0 Å². The number of halogens is 1. The molecular formula is C8H6ClNOS2. The minimum Gasteiger partial charge on any atom is -0.355 e. The van der Waals surface area contributed by atoms with Gasteiger partial charge in [-0.25, -0.2) is 0 Å². The molecule has 0 amide bonds. The molecule has 0 radical (unpaired) electrons. The zero-order valence-electron chi connectivity index (χ0n) is 6.53. The van der Waals surface area contributed by atoms with E-state index in [0.717, 1.165) is 20.7 Å². The molecule has 0 aliphatic carbocycles. The number of thiophene rings is 1. The summed E-state index contributed by atoms with van der Waals surface area (Å²) in [4.78, 5) is 0.991. The number of aromatic nitrogens is 1. The van der Waals surface area contributed by atoms with Crippen molar-refractivity contribution in [3.05, 3.63) is 28.2 Å². The molecule has 0 aliphatic heterocycles. The molecule has 0 spiro atoms. The van der Waals surface area contributed by atoms with Crippen LogP contribution in [-0.4, -0.2) is 5.16 Å². The van der Waals surface area contributed by atoms with E-state index in [2.05, 4.69) is 17.8 Å². The van der Waals surface area contributed by atoms with Crippen molar-refractivity contribution in [1.82, 2.24) is 5.16 Å². The Hall–Kier alpha value is -0.450. The molecule has 2 aromatic heterocycles. The fourth-order valence-electron chi connectivity index (χ4n) is 0.949. The van der Waals surface area contributed by atoms with Crippen molar-refractivity contribution < 1.29 is 4.52 Å². The summed E-state index contributed by atoms with van der Waals surface area (Å²) in [5.74, 6) is 1.34. The van der Waals surface area contributed by atoms with Crippen LogP contribution in [0, 0.1) is 0 Å². The standard InChI is InChI=1S/C8H6ClNOS2/c9-8-2-1-7(13-8)6-3-5(4-12)10-11-6/h1-3,12H,4H2. The maximum absolute atomic E-state index is 5.79. The number of hydrogen-bond acceptors (Lipinski definition) is 4. The van der Waals surface area contributed by atoms with E-state index in [-0.39, 0.29) is 0 Å². The Bertz CT molecular complexity index is 410. The second-order valence-corrected chi connectivity index (χ2v) is 4.48. The van der Waals surface area contributed by atoms with Gasteiger partial charge < -0.3 is 4.52 Å². The summed E-state index contributed by atoms with van der Waals surface area (Å²) in [5.41, 5.74) is 0.836. The summed E-state index contributed by atoms with van der Waals surface area (Å²) >= 11 is 11.4. The molecule has 0 saturated heterocycles. The van der Waals surface area contributed by atoms with Gasteiger partial charge in [-0.05, 0) is 12.1 Å². The van der Waals surface area contributed by atoms with Crippen LogP contribution in [0.1, 0.15) is 5.69 Å². The van der Waals surface area contributed by atoms with Gasteiger partial charge in [0.15, 0.2) is 5.76 Å². The van der Waals surface area contributed by atoms with Gasteiger partial charge in [-0.15, -0.1) is 11.3 Å². The van der Waals surface area contributed by atoms with Crippen molar-refractivity contribution in [2.75, 3.05) is 0 Å². The molecule has 2 aromatic rings. The molecule has 0 aliphatic rings. The van der Waals surface area contributed by atoms with Gasteiger partial charge in [-0.2, -0.15) is 12.6 Å². The topological polar surface area (TPSA) is 26.0 Å². The average Bonchev–Trinajstić information content (AvgIpc) is 2.71. The summed E-state index contributed by atoms with van der Waals surface area (Å²) < 4.78 is 5.86. The van der Waals surface area contributed by atoms with E-state index in [0.29, 0.717) is 5.75 Å². The summed E-state index contributed by atoms with van der Waals surface area (Å²) in [6.45, 7) is 0. The lowest BCUT2D eigenvalue weighted by Crippen LogP contribution is -1.70. The van der Waals surface area contributed by atoms with E-state index in [9.17, 15) is 0 Å². The molecule has 68 valence electrons. The predicted octanol–water partition coefficient (Wildman–Crippen LogP) is 3.49. The number of rotatable bonds is 2. The molecule has 0 atom stereocenters. The molecule has 0 unspecified atom stereocenters. The first-order valence-electron chi connectivity index (χ1n) is 3.62. The first-order valence-corrected chi connectivity index (χ1v) is 5.44. The van der Waals surface area contributed by atoms with Crippen LogP contribution in [0.15, 0.2) is 22.7 Å². The average molecular weight is 232 g/mol. The van der Waals surface area contributed by atoms with Crippen molar-refractivity contribution in [2.45, 2.75) is 5.75 Å². The maximum Gasteiger partial charge on any atom is 0.177 e. The van der Waals surface area contributed by atoms with Gasteiger partial charge in [0, 0.05) is 11.8 Å². The van der Waals surface area contributed by atoms with Crippen molar-refractivity contribution in [1.29, 1.82) is 0 Å². The van der Waals surface area contributed by atoms with Crippen LogP contribution in [0.5, 0.6) is 0 Å². The molecule has 2 rings (SSSR count). The number of nitrogens with zero attached hydrogens (tertiary/aromatic N) is 1. The lowest BCUT2D eigenvalue weighted by molar-refractivity contribution is 0.427. The highest BCUT2D eigenvalue weighted by Gasteiger charge is 2.07. The highest BCUT2D eigenvalue weighted by Crippen LogP contribution is 2.31. The Labute approximate surface area is 89.9 Å². The maximum atomic E-state index is 5.79. The monoisotopic (exact) mass is 231 g/mol. The van der Waals surface area contributed by atoms with Gasteiger partial charge in [-0.3, -0.25) is 0 Å². The minimum atomic E-state index is 0.586. The molecule has 2 nitrogen and oxygen atoms in total. The summed E-state index contributed by atoms with van der Waals surface area (Å²) in [5, 5.41) is 3.83. The van der Waals surface area contributed by atoms with E-state index in [1.807, 2.05) is 18.2 Å². The highest BCUT2D eigenvalue weighted by atomic mass is 35.5. The highest BCUT2D eigenvalue weighted by molar-refractivity contribution is 7.79. The normalized spacial score (nSPS) is 10.6. The molecule has 0 N–H and O–H groups in total. The lowest BCUT2D eigenvalue weighted by Gasteiger charge is -1.83. The molecule has 0 aromatic carbocycles. The summed E-state index contributed by atoms with van der Waals surface area (Å²) in [6, 6.07) is 5.62. The van der Waals surface area contributed by atoms with E-state index in [1.165, 1.54) is 11.3 Å². The first kappa shape index (κ1) is 9.12. The van der Waals surface area contributed by atoms with Crippen molar-refractivity contribution in [3.63, 3.8) is 0 Å². The van der Waals surface area contributed by atoms with E-state index in [1.54, 1.807) is 0 Å². The summed E-state index contributed by atoms with van der Waals surface area (Å²) in [6.07, 6.45) is 0. The Morgan fingerprint density at radius 2 is 2.38 bits per heavy atom. The van der Waals surface area contributed by atoms with Gasteiger partial charge in [0.25, 0.3) is 0 Å². The largest absolute Gasteiger partial charge is 0.355 e. The van der Waals surface area contributed by atoms with Crippen LogP contribution in [0.3, 0.4) is 0 Å². The Balaban J connectivity index is 2.35. The molecule has 2 heterocycles. The number of hydrogen-bond donors (Lipinski definition) is 1. The van der Waals surface area contributed by atoms with E-state index in [4.69, 9.17) is 16.1 Å². The van der Waals surface area contributed by atoms with Crippen LogP contribution in [-0.2, 0) is 5.75 Å². The fourth-order valence-corrected chi connectivity index (χ4v) is 2.09. The molecule has 0 bridgehead atoms. The van der Waals surface area contributed by atoms with Crippen molar-refractivity contribution >= 4 is 35.6 Å². The van der Waals surface area contributed by atoms with Crippen molar-refractivity contribution in [2.24, 2.45) is 0 Å². The second-order valence-electron chi connectivity index (χ2n) is 2.44. The first-order chi connectivity index (χ1) is 6.29. The number of thiol groups is 1. The SMILES string of the molecule is SCc1cc(-c2ccc(Cl)s2)on1. The van der Waals surface area contributed by atoms with Gasteiger partial charge in [0.1, 0.15) is 0 Å². The van der Waals surface area contributed by atoms with E-state index < -0.39 is 0 Å². The molecule has 5 heteroatoms. The zero-order chi connectivity index (χ0) is 9.26. The van der Waals surface area contributed by atoms with Gasteiger partial charge in [0.05, 0.1) is 14.9 Å². The van der Waals surface area contributed by atoms with Gasteiger partial charge >= 0.3 is 0 Å². The van der Waals surface area contributed by atoms with Crippen LogP contribution in [0.2, 0.25) is 4.34 Å². The Kier molecular flexibility index (Phi) is 2.62. The Morgan fingerprint density at radius 3 is 2.92 bits per heavy atom. The van der Waals surface area contributed by atoms with Gasteiger partial charge in [-0.1, -0.05) is 16.8 Å². The van der Waals surface area contributed by atoms with E-state index >= 15 is 0 Å². The molecular weight excluding hydrogens is 226 g/mol.